The number of halogens is 1. The van der Waals surface area contributed by atoms with Gasteiger partial charge in [-0.1, -0.05) is 11.3 Å². The van der Waals surface area contributed by atoms with Gasteiger partial charge in [-0.2, -0.15) is 0 Å². The first-order valence-corrected chi connectivity index (χ1v) is 14.0. The number of anilines is 1. The number of amides is 1. The fourth-order valence-electron chi connectivity index (χ4n) is 6.52. The van der Waals surface area contributed by atoms with E-state index in [2.05, 4.69) is 33.1 Å². The van der Waals surface area contributed by atoms with Crippen LogP contribution in [0.25, 0.3) is 22.3 Å². The topological polar surface area (TPSA) is 87.3 Å². The minimum absolute atomic E-state index is 0.0280. The lowest BCUT2D eigenvalue weighted by Gasteiger charge is -2.37. The average Bonchev–Trinajstić information content (AvgIpc) is 3.51. The van der Waals surface area contributed by atoms with Crippen LogP contribution in [0.4, 0.5) is 10.1 Å². The highest BCUT2D eigenvalue weighted by Gasteiger charge is 2.36. The lowest BCUT2D eigenvalue weighted by Crippen LogP contribution is -2.40. The van der Waals surface area contributed by atoms with Crippen molar-refractivity contribution in [3.8, 4) is 17.0 Å². The molecule has 0 unspecified atom stereocenters. The molecule has 3 heterocycles. The number of aromatic nitrogens is 5. The van der Waals surface area contributed by atoms with Gasteiger partial charge >= 0.3 is 0 Å². The summed E-state index contributed by atoms with van der Waals surface area (Å²) in [5.74, 6) is 0.477. The molecule has 9 nitrogen and oxygen atoms in total. The Hall–Kier alpha value is -3.79. The van der Waals surface area contributed by atoms with E-state index in [9.17, 15) is 9.18 Å². The van der Waals surface area contributed by atoms with E-state index < -0.39 is 5.82 Å². The van der Waals surface area contributed by atoms with Gasteiger partial charge in [-0.05, 0) is 69.7 Å². The molecule has 1 aliphatic heterocycles. The maximum atomic E-state index is 14.8. The van der Waals surface area contributed by atoms with E-state index in [1.165, 1.54) is 13.2 Å². The Morgan fingerprint density at radius 3 is 2.50 bits per heavy atom. The zero-order valence-electron chi connectivity index (χ0n) is 23.4. The number of carbonyl (C=O) groups is 1. The Balaban J connectivity index is 1.49. The summed E-state index contributed by atoms with van der Waals surface area (Å²) in [5.41, 5.74) is 5.21. The minimum Gasteiger partial charge on any atom is -0.494 e. The van der Waals surface area contributed by atoms with Crippen molar-refractivity contribution in [3.05, 3.63) is 53.7 Å². The van der Waals surface area contributed by atoms with E-state index in [0.717, 1.165) is 72.3 Å². The molecule has 1 saturated carbocycles. The van der Waals surface area contributed by atoms with Crippen LogP contribution in [-0.2, 0) is 16.6 Å². The van der Waals surface area contributed by atoms with Crippen LogP contribution in [0.1, 0.15) is 68.5 Å². The molecule has 0 bridgehead atoms. The molecule has 1 amide bonds. The number of rotatable bonds is 6. The van der Waals surface area contributed by atoms with E-state index in [1.807, 2.05) is 14.0 Å². The maximum absolute atomic E-state index is 14.8. The molecule has 1 atom stereocenters. The summed E-state index contributed by atoms with van der Waals surface area (Å²) < 4.78 is 29.7. The van der Waals surface area contributed by atoms with Crippen LogP contribution >= 0.6 is 0 Å². The molecular formula is C30H35FN6O3. The Kier molecular flexibility index (Phi) is 7.04. The molecule has 2 aromatic heterocycles. The third kappa shape index (κ3) is 4.54. The summed E-state index contributed by atoms with van der Waals surface area (Å²) in [4.78, 5) is 20.4. The first kappa shape index (κ1) is 26.4. The van der Waals surface area contributed by atoms with E-state index in [4.69, 9.17) is 14.5 Å². The van der Waals surface area contributed by atoms with Gasteiger partial charge in [0.15, 0.2) is 11.6 Å². The van der Waals surface area contributed by atoms with Crippen LogP contribution in [0.3, 0.4) is 0 Å². The molecule has 4 aromatic rings. The minimum atomic E-state index is -0.492. The van der Waals surface area contributed by atoms with Crippen LogP contribution in [-0.4, -0.2) is 50.8 Å². The van der Waals surface area contributed by atoms with Gasteiger partial charge in [0.2, 0.25) is 5.91 Å². The number of imidazole rings is 1. The molecule has 2 aliphatic rings. The number of aryl methyl sites for hydroxylation is 2. The number of ether oxygens (including phenoxy) is 2. The molecule has 10 heteroatoms. The van der Waals surface area contributed by atoms with Crippen molar-refractivity contribution >= 4 is 22.6 Å². The van der Waals surface area contributed by atoms with Gasteiger partial charge in [-0.25, -0.2) is 14.1 Å². The third-order valence-corrected chi connectivity index (χ3v) is 8.49. The second-order valence-electron chi connectivity index (χ2n) is 10.8. The lowest BCUT2D eigenvalue weighted by molar-refractivity contribution is -0.120. The van der Waals surface area contributed by atoms with Gasteiger partial charge in [-0.3, -0.25) is 4.79 Å². The summed E-state index contributed by atoms with van der Waals surface area (Å²) in [6.45, 7) is 1.95. The highest BCUT2D eigenvalue weighted by Crippen LogP contribution is 2.42. The number of piperidine rings is 1. The quantitative estimate of drug-likeness (QED) is 0.309. The number of methoxy groups -OCH3 is 2. The van der Waals surface area contributed by atoms with Crippen molar-refractivity contribution < 1.29 is 18.7 Å². The standard InChI is InChI=1S/C30H35FN6O3/c1-18-29(35(2)34-33-18)19-8-14-25-24(16-19)32-30(37(25)20-9-12-22(39-3)13-10-20)26-6-5-7-28(38)36(26)21-11-15-27(40-4)23(31)17-21/h8,11,14-17,20,22,26H,5-7,9-10,12-13H2,1-4H3/t20-,22-,26-/m0/s1. The van der Waals surface area contributed by atoms with Gasteiger partial charge < -0.3 is 18.9 Å². The zero-order chi connectivity index (χ0) is 28.0. The summed E-state index contributed by atoms with van der Waals surface area (Å²) in [6, 6.07) is 10.9. The van der Waals surface area contributed by atoms with Crippen LogP contribution in [0.2, 0.25) is 0 Å². The smallest absolute Gasteiger partial charge is 0.227 e. The van der Waals surface area contributed by atoms with Crippen LogP contribution < -0.4 is 9.64 Å². The van der Waals surface area contributed by atoms with Gasteiger partial charge in [0.1, 0.15) is 5.82 Å². The van der Waals surface area contributed by atoms with Crippen molar-refractivity contribution in [1.82, 2.24) is 24.5 Å². The molecule has 2 fully saturated rings. The van der Waals surface area contributed by atoms with Crippen LogP contribution in [0.5, 0.6) is 5.75 Å². The van der Waals surface area contributed by atoms with Crippen LogP contribution in [0.15, 0.2) is 36.4 Å². The van der Waals surface area contributed by atoms with E-state index >= 15 is 0 Å². The summed E-state index contributed by atoms with van der Waals surface area (Å²) in [5, 5.41) is 8.39. The number of carbonyl (C=O) groups excluding carboxylic acids is 1. The third-order valence-electron chi connectivity index (χ3n) is 8.49. The fourth-order valence-corrected chi connectivity index (χ4v) is 6.52. The fraction of sp³-hybridized carbons (Fsp3) is 0.467. The molecule has 6 rings (SSSR count). The summed E-state index contributed by atoms with van der Waals surface area (Å²) in [6.07, 6.45) is 6.03. The van der Waals surface area contributed by atoms with Crippen molar-refractivity contribution in [3.63, 3.8) is 0 Å². The van der Waals surface area contributed by atoms with Gasteiger partial charge in [0.25, 0.3) is 0 Å². The maximum Gasteiger partial charge on any atom is 0.227 e. The van der Waals surface area contributed by atoms with Crippen LogP contribution in [0, 0.1) is 12.7 Å². The second kappa shape index (κ2) is 10.6. The van der Waals surface area contributed by atoms with E-state index in [0.29, 0.717) is 12.1 Å². The second-order valence-corrected chi connectivity index (χ2v) is 10.8. The van der Waals surface area contributed by atoms with Gasteiger partial charge in [-0.15, -0.1) is 5.10 Å². The largest absolute Gasteiger partial charge is 0.494 e. The summed E-state index contributed by atoms with van der Waals surface area (Å²) >= 11 is 0. The zero-order valence-corrected chi connectivity index (χ0v) is 23.4. The van der Waals surface area contributed by atoms with Crippen molar-refractivity contribution in [2.24, 2.45) is 7.05 Å². The van der Waals surface area contributed by atoms with Gasteiger partial charge in [0.05, 0.1) is 41.7 Å². The molecule has 1 saturated heterocycles. The first-order chi connectivity index (χ1) is 19.4. The Morgan fingerprint density at radius 1 is 1.02 bits per heavy atom. The number of hydrogen-bond donors (Lipinski definition) is 0. The monoisotopic (exact) mass is 546 g/mol. The normalized spacial score (nSPS) is 21.8. The van der Waals surface area contributed by atoms with Crippen molar-refractivity contribution in [2.75, 3.05) is 19.1 Å². The SMILES string of the molecule is COc1ccc(N2C(=O)CCC[C@H]2c2nc3cc(-c4c(C)nnn4C)ccc3n2[C@H]2CC[C@H](OC)CC2)cc1F. The molecule has 210 valence electrons. The average molecular weight is 547 g/mol. The summed E-state index contributed by atoms with van der Waals surface area (Å²) in [7, 11) is 5.10. The molecule has 0 N–H and O–H groups in total. The molecule has 0 spiro atoms. The number of nitrogens with zero attached hydrogens (tertiary/aromatic N) is 6. The predicted octanol–water partition coefficient (Wildman–Crippen LogP) is 5.68. The Labute approximate surface area is 232 Å². The van der Waals surface area contributed by atoms with Crippen molar-refractivity contribution in [2.45, 2.75) is 70.1 Å². The van der Waals surface area contributed by atoms with E-state index in [-0.39, 0.29) is 29.8 Å². The molecule has 2 aromatic carbocycles. The number of hydrogen-bond acceptors (Lipinski definition) is 6. The highest BCUT2D eigenvalue weighted by atomic mass is 19.1. The number of fused-ring (bicyclic) bond motifs is 1. The molecule has 1 aliphatic carbocycles. The highest BCUT2D eigenvalue weighted by molar-refractivity contribution is 5.95. The Bertz CT molecular complexity index is 1540. The van der Waals surface area contributed by atoms with Gasteiger partial charge in [0, 0.05) is 43.9 Å². The predicted molar refractivity (Wildman–Crippen MR) is 150 cm³/mol. The molecule has 0 radical (unpaired) electrons. The van der Waals surface area contributed by atoms with Crippen molar-refractivity contribution in [1.29, 1.82) is 0 Å². The lowest BCUT2D eigenvalue weighted by atomic mass is 9.91. The van der Waals surface area contributed by atoms with E-state index in [1.54, 1.807) is 28.8 Å². The Morgan fingerprint density at radius 2 is 1.82 bits per heavy atom. The molecular weight excluding hydrogens is 511 g/mol. The number of benzene rings is 2. The first-order valence-electron chi connectivity index (χ1n) is 14.0. The molecule has 40 heavy (non-hydrogen) atoms.